The van der Waals surface area contributed by atoms with Crippen molar-refractivity contribution in [2.24, 2.45) is 0 Å². The molecule has 1 aliphatic rings. The summed E-state index contributed by atoms with van der Waals surface area (Å²) in [5.41, 5.74) is 0.875. The predicted molar refractivity (Wildman–Crippen MR) is 116 cm³/mol. The molecule has 2 aromatic rings. The third kappa shape index (κ3) is 6.87. The molecule has 0 aromatic carbocycles. The summed E-state index contributed by atoms with van der Waals surface area (Å²) in [5, 5.41) is 0.493. The third-order valence-electron chi connectivity index (χ3n) is 3.83. The Morgan fingerprint density at radius 2 is 1.75 bits per heavy atom. The van der Waals surface area contributed by atoms with Gasteiger partial charge in [-0.25, -0.2) is 19.9 Å². The molecule has 1 unspecified atom stereocenters. The number of ether oxygens (including phenoxy) is 1. The Balaban J connectivity index is 0.000000717. The van der Waals surface area contributed by atoms with Crippen LogP contribution < -0.4 is 9.80 Å². The van der Waals surface area contributed by atoms with E-state index in [1.54, 1.807) is 25.7 Å². The van der Waals surface area contributed by atoms with Crippen LogP contribution in [0.5, 0.6) is 0 Å². The second kappa shape index (κ2) is 13.2. The number of nitrogens with zero attached hydrogens (tertiary/aromatic N) is 6. The Morgan fingerprint density at radius 1 is 1.11 bits per heavy atom. The van der Waals surface area contributed by atoms with E-state index in [9.17, 15) is 0 Å². The topological polar surface area (TPSA) is 67.3 Å². The molecule has 1 fully saturated rings. The van der Waals surface area contributed by atoms with E-state index in [1.165, 1.54) is 6.42 Å². The van der Waals surface area contributed by atoms with Gasteiger partial charge in [0.15, 0.2) is 0 Å². The molecule has 1 aliphatic heterocycles. The van der Waals surface area contributed by atoms with Gasteiger partial charge in [-0.2, -0.15) is 0 Å². The average molecular weight is 409 g/mol. The number of piperazine rings is 1. The van der Waals surface area contributed by atoms with E-state index in [0.717, 1.165) is 31.1 Å². The van der Waals surface area contributed by atoms with Crippen LogP contribution in [0.1, 0.15) is 39.7 Å². The van der Waals surface area contributed by atoms with Crippen LogP contribution in [0.4, 0.5) is 11.9 Å². The molecule has 0 bridgehead atoms. The molecule has 1 saturated heterocycles. The minimum atomic E-state index is 0.125. The monoisotopic (exact) mass is 408 g/mol. The maximum absolute atomic E-state index is 6.12. The van der Waals surface area contributed by atoms with E-state index in [-0.39, 0.29) is 6.04 Å². The first-order valence-corrected chi connectivity index (χ1v) is 10.2. The van der Waals surface area contributed by atoms with Gasteiger partial charge in [-0.15, -0.1) is 0 Å². The summed E-state index contributed by atoms with van der Waals surface area (Å²) in [5.74, 6) is 1.37. The molecule has 1 atom stereocenters. The first-order chi connectivity index (χ1) is 13.6. The van der Waals surface area contributed by atoms with Gasteiger partial charge in [0.25, 0.3) is 0 Å². The van der Waals surface area contributed by atoms with Crippen LogP contribution in [0.2, 0.25) is 5.15 Å². The van der Waals surface area contributed by atoms with Crippen LogP contribution in [0.15, 0.2) is 24.7 Å². The molecule has 0 spiro atoms. The number of aromatic nitrogens is 4. The molecule has 0 radical (unpaired) electrons. The van der Waals surface area contributed by atoms with Gasteiger partial charge in [0.2, 0.25) is 11.9 Å². The van der Waals surface area contributed by atoms with Crippen LogP contribution in [0.25, 0.3) is 0 Å². The zero-order valence-corrected chi connectivity index (χ0v) is 18.6. The zero-order chi connectivity index (χ0) is 20.9. The average Bonchev–Trinajstić information content (AvgIpc) is 2.73. The molecular formula is C20H33ClN6O. The normalized spacial score (nSPS) is 15.9. The van der Waals surface area contributed by atoms with Crippen molar-refractivity contribution in [3.8, 4) is 0 Å². The number of halogens is 1. The van der Waals surface area contributed by atoms with Crippen molar-refractivity contribution in [3.63, 3.8) is 0 Å². The van der Waals surface area contributed by atoms with Crippen molar-refractivity contribution in [1.82, 2.24) is 19.9 Å². The molecule has 0 aliphatic carbocycles. The van der Waals surface area contributed by atoms with E-state index >= 15 is 0 Å². The number of methoxy groups -OCH3 is 1. The number of hydrogen-bond acceptors (Lipinski definition) is 7. The van der Waals surface area contributed by atoms with Crippen molar-refractivity contribution >= 4 is 23.5 Å². The minimum absolute atomic E-state index is 0.125. The third-order valence-corrected chi connectivity index (χ3v) is 4.21. The van der Waals surface area contributed by atoms with Crippen molar-refractivity contribution in [2.45, 2.75) is 47.1 Å². The van der Waals surface area contributed by atoms with Crippen LogP contribution in [0, 0.1) is 6.92 Å². The molecule has 3 heterocycles. The molecule has 0 amide bonds. The van der Waals surface area contributed by atoms with Crippen LogP contribution in [-0.4, -0.2) is 59.3 Å². The van der Waals surface area contributed by atoms with Gasteiger partial charge in [-0.1, -0.05) is 45.7 Å². The number of aryl methyl sites for hydroxylation is 1. The van der Waals surface area contributed by atoms with Gasteiger partial charge in [0.1, 0.15) is 5.15 Å². The summed E-state index contributed by atoms with van der Waals surface area (Å²) in [6.07, 6.45) is 6.51. The molecular weight excluding hydrogens is 376 g/mol. The second-order valence-electron chi connectivity index (χ2n) is 6.15. The molecule has 3 rings (SSSR count). The van der Waals surface area contributed by atoms with Gasteiger partial charge < -0.3 is 14.5 Å². The Labute approximate surface area is 174 Å². The fraction of sp³-hybridized carbons (Fsp3) is 0.600. The molecule has 8 heteroatoms. The highest BCUT2D eigenvalue weighted by Gasteiger charge is 2.30. The first kappa shape index (κ1) is 24.0. The van der Waals surface area contributed by atoms with Gasteiger partial charge in [0, 0.05) is 50.9 Å². The Kier molecular flexibility index (Phi) is 11.4. The molecule has 28 heavy (non-hydrogen) atoms. The second-order valence-corrected chi connectivity index (χ2v) is 6.51. The number of rotatable bonds is 4. The standard InChI is InChI=1S/C15H19ClN6O.C3H8.C2H6/c1-11-8-19-15(20-13(11)16)21-6-7-22(12(9-21)10-23-2)14-17-4-3-5-18-14;1-3-2;1-2/h3-5,8,12H,6-7,9-10H2,1-2H3;3H2,1-2H3;1-2H3. The Morgan fingerprint density at radius 3 is 2.32 bits per heavy atom. The molecule has 0 saturated carbocycles. The smallest absolute Gasteiger partial charge is 0.226 e. The molecule has 156 valence electrons. The van der Waals surface area contributed by atoms with E-state index in [0.29, 0.717) is 17.7 Å². The summed E-state index contributed by atoms with van der Waals surface area (Å²) >= 11 is 6.12. The van der Waals surface area contributed by atoms with E-state index < -0.39 is 0 Å². The number of hydrogen-bond donors (Lipinski definition) is 0. The van der Waals surface area contributed by atoms with Crippen LogP contribution >= 0.6 is 11.6 Å². The first-order valence-electron chi connectivity index (χ1n) is 9.87. The largest absolute Gasteiger partial charge is 0.382 e. The fourth-order valence-corrected chi connectivity index (χ4v) is 2.76. The molecule has 7 nitrogen and oxygen atoms in total. The predicted octanol–water partition coefficient (Wildman–Crippen LogP) is 4.01. The van der Waals surface area contributed by atoms with Gasteiger partial charge in [-0.05, 0) is 13.0 Å². The van der Waals surface area contributed by atoms with E-state index in [4.69, 9.17) is 16.3 Å². The molecule has 0 N–H and O–H groups in total. The highest BCUT2D eigenvalue weighted by molar-refractivity contribution is 6.30. The van der Waals surface area contributed by atoms with Gasteiger partial charge in [0.05, 0.1) is 12.6 Å². The highest BCUT2D eigenvalue weighted by atomic mass is 35.5. The highest BCUT2D eigenvalue weighted by Crippen LogP contribution is 2.21. The van der Waals surface area contributed by atoms with E-state index in [2.05, 4.69) is 43.6 Å². The number of anilines is 2. The summed E-state index contributed by atoms with van der Waals surface area (Å²) in [4.78, 5) is 21.7. The quantitative estimate of drug-likeness (QED) is 0.708. The zero-order valence-electron chi connectivity index (χ0n) is 17.9. The fourth-order valence-electron chi connectivity index (χ4n) is 2.64. The van der Waals surface area contributed by atoms with Crippen molar-refractivity contribution in [2.75, 3.05) is 43.2 Å². The maximum atomic E-state index is 6.12. The lowest BCUT2D eigenvalue weighted by Crippen LogP contribution is -2.56. The summed E-state index contributed by atoms with van der Waals surface area (Å²) in [7, 11) is 1.70. The lowest BCUT2D eigenvalue weighted by atomic mass is 10.2. The summed E-state index contributed by atoms with van der Waals surface area (Å²) in [6.45, 7) is 13.0. The van der Waals surface area contributed by atoms with Crippen LogP contribution in [-0.2, 0) is 4.74 Å². The lowest BCUT2D eigenvalue weighted by Gasteiger charge is -2.41. The Hall–Kier alpha value is -1.99. The van der Waals surface area contributed by atoms with Gasteiger partial charge in [-0.3, -0.25) is 0 Å². The summed E-state index contributed by atoms with van der Waals surface area (Å²) < 4.78 is 5.37. The van der Waals surface area contributed by atoms with Crippen molar-refractivity contribution in [1.29, 1.82) is 0 Å². The minimum Gasteiger partial charge on any atom is -0.382 e. The Bertz CT molecular complexity index is 673. The SMILES string of the molecule is CC.CCC.COCC1CN(c2ncc(C)c(Cl)n2)CCN1c1ncccn1. The maximum Gasteiger partial charge on any atom is 0.226 e. The molecule has 2 aromatic heterocycles. The van der Waals surface area contributed by atoms with Gasteiger partial charge >= 0.3 is 0 Å². The van der Waals surface area contributed by atoms with E-state index in [1.807, 2.05) is 26.8 Å². The lowest BCUT2D eigenvalue weighted by molar-refractivity contribution is 0.173. The van der Waals surface area contributed by atoms with Crippen LogP contribution in [0.3, 0.4) is 0 Å². The summed E-state index contributed by atoms with van der Waals surface area (Å²) in [6, 6.07) is 1.94. The van der Waals surface area contributed by atoms with Crippen molar-refractivity contribution in [3.05, 3.63) is 35.4 Å². The van der Waals surface area contributed by atoms with Crippen molar-refractivity contribution < 1.29 is 4.74 Å².